The summed E-state index contributed by atoms with van der Waals surface area (Å²) < 4.78 is 0. The average molecular weight is 332 g/mol. The molecule has 0 aromatic heterocycles. The lowest BCUT2D eigenvalue weighted by atomic mass is 10.1. The van der Waals surface area contributed by atoms with Gasteiger partial charge in [-0.3, -0.25) is 10.2 Å². The monoisotopic (exact) mass is 331 g/mol. The van der Waals surface area contributed by atoms with Crippen molar-refractivity contribution in [3.63, 3.8) is 0 Å². The standard InChI is InChI=1S/C17H18ClN3O2/c1-12(13-8-10-15(18)11-9-13)21(2)17(23)20-19-16(22)14-6-4-3-5-7-14/h3-12H,1-2H3,(H,19,22)(H,20,23)/t12-/m0/s1. The van der Waals surface area contributed by atoms with Gasteiger partial charge in [0.05, 0.1) is 6.04 Å². The maximum atomic E-state index is 12.1. The van der Waals surface area contributed by atoms with Gasteiger partial charge in [0.2, 0.25) is 0 Å². The molecule has 0 aliphatic carbocycles. The molecule has 0 bridgehead atoms. The molecule has 0 saturated carbocycles. The molecule has 5 nitrogen and oxygen atoms in total. The molecule has 0 fully saturated rings. The van der Waals surface area contributed by atoms with Gasteiger partial charge in [-0.05, 0) is 36.8 Å². The van der Waals surface area contributed by atoms with Gasteiger partial charge in [-0.25, -0.2) is 10.2 Å². The number of benzene rings is 2. The number of urea groups is 1. The number of rotatable bonds is 3. The Labute approximate surface area is 140 Å². The fourth-order valence-corrected chi connectivity index (χ4v) is 2.13. The second kappa shape index (κ2) is 7.65. The summed E-state index contributed by atoms with van der Waals surface area (Å²) in [4.78, 5) is 25.5. The van der Waals surface area contributed by atoms with Crippen molar-refractivity contribution in [3.05, 3.63) is 70.7 Å². The van der Waals surface area contributed by atoms with E-state index in [9.17, 15) is 9.59 Å². The largest absolute Gasteiger partial charge is 0.336 e. The van der Waals surface area contributed by atoms with Gasteiger partial charge in [-0.2, -0.15) is 0 Å². The van der Waals surface area contributed by atoms with Crippen LogP contribution in [0.1, 0.15) is 28.9 Å². The summed E-state index contributed by atoms with van der Waals surface area (Å²) in [6.07, 6.45) is 0. The normalized spacial score (nSPS) is 11.4. The maximum Gasteiger partial charge on any atom is 0.336 e. The molecule has 0 aliphatic rings. The van der Waals surface area contributed by atoms with E-state index in [1.165, 1.54) is 4.90 Å². The Balaban J connectivity index is 1.92. The van der Waals surface area contributed by atoms with Crippen LogP contribution in [-0.4, -0.2) is 23.9 Å². The van der Waals surface area contributed by atoms with E-state index in [2.05, 4.69) is 10.9 Å². The second-order valence-electron chi connectivity index (χ2n) is 5.09. The van der Waals surface area contributed by atoms with Crippen LogP contribution >= 0.6 is 11.6 Å². The fraction of sp³-hybridized carbons (Fsp3) is 0.176. The second-order valence-corrected chi connectivity index (χ2v) is 5.53. The molecule has 2 N–H and O–H groups in total. The quantitative estimate of drug-likeness (QED) is 0.847. The number of carbonyl (C=O) groups excluding carboxylic acids is 2. The van der Waals surface area contributed by atoms with Gasteiger partial charge in [0.1, 0.15) is 0 Å². The lowest BCUT2D eigenvalue weighted by molar-refractivity contribution is 0.0929. The highest BCUT2D eigenvalue weighted by Gasteiger charge is 2.18. The van der Waals surface area contributed by atoms with Crippen molar-refractivity contribution in [1.29, 1.82) is 0 Å². The highest BCUT2D eigenvalue weighted by atomic mass is 35.5. The SMILES string of the molecule is C[C@@H](c1ccc(Cl)cc1)N(C)C(=O)NNC(=O)c1ccccc1. The van der Waals surface area contributed by atoms with Gasteiger partial charge < -0.3 is 4.90 Å². The molecule has 120 valence electrons. The smallest absolute Gasteiger partial charge is 0.320 e. The van der Waals surface area contributed by atoms with E-state index < -0.39 is 6.03 Å². The van der Waals surface area contributed by atoms with Crippen molar-refractivity contribution < 1.29 is 9.59 Å². The predicted octanol–water partition coefficient (Wildman–Crippen LogP) is 3.39. The first-order valence-electron chi connectivity index (χ1n) is 7.12. The van der Waals surface area contributed by atoms with E-state index in [1.54, 1.807) is 43.4 Å². The Kier molecular flexibility index (Phi) is 5.60. The molecule has 0 heterocycles. The first-order valence-corrected chi connectivity index (χ1v) is 7.50. The molecule has 2 aromatic rings. The van der Waals surface area contributed by atoms with Crippen molar-refractivity contribution in [3.8, 4) is 0 Å². The molecule has 1 atom stereocenters. The van der Waals surface area contributed by atoms with Gasteiger partial charge in [-0.1, -0.05) is 41.9 Å². The van der Waals surface area contributed by atoms with E-state index in [1.807, 2.05) is 25.1 Å². The number of carbonyl (C=O) groups is 2. The van der Waals surface area contributed by atoms with Crippen LogP contribution in [0.5, 0.6) is 0 Å². The third-order valence-corrected chi connectivity index (χ3v) is 3.82. The van der Waals surface area contributed by atoms with Crippen LogP contribution in [0.2, 0.25) is 5.02 Å². The van der Waals surface area contributed by atoms with Gasteiger partial charge in [-0.15, -0.1) is 0 Å². The number of amides is 3. The highest BCUT2D eigenvalue weighted by molar-refractivity contribution is 6.30. The molecule has 0 spiro atoms. The van der Waals surface area contributed by atoms with E-state index >= 15 is 0 Å². The topological polar surface area (TPSA) is 61.4 Å². The summed E-state index contributed by atoms with van der Waals surface area (Å²) in [5.74, 6) is -0.369. The van der Waals surface area contributed by atoms with E-state index in [-0.39, 0.29) is 11.9 Å². The van der Waals surface area contributed by atoms with Crippen LogP contribution < -0.4 is 10.9 Å². The number of hydrogen-bond acceptors (Lipinski definition) is 2. The Morgan fingerprint density at radius 2 is 1.61 bits per heavy atom. The zero-order chi connectivity index (χ0) is 16.8. The molecule has 0 aliphatic heterocycles. The van der Waals surface area contributed by atoms with Crippen LogP contribution in [0.4, 0.5) is 4.79 Å². The summed E-state index contributed by atoms with van der Waals surface area (Å²) >= 11 is 5.86. The highest BCUT2D eigenvalue weighted by Crippen LogP contribution is 2.20. The third-order valence-electron chi connectivity index (χ3n) is 3.57. The fourth-order valence-electron chi connectivity index (χ4n) is 2.00. The predicted molar refractivity (Wildman–Crippen MR) is 90.1 cm³/mol. The van der Waals surface area contributed by atoms with Crippen LogP contribution in [0.15, 0.2) is 54.6 Å². The van der Waals surface area contributed by atoms with Crippen molar-refractivity contribution in [1.82, 2.24) is 15.8 Å². The zero-order valence-electron chi connectivity index (χ0n) is 12.9. The molecule has 6 heteroatoms. The van der Waals surface area contributed by atoms with E-state index in [0.717, 1.165) is 5.56 Å². The van der Waals surface area contributed by atoms with Crippen molar-refractivity contribution in [2.45, 2.75) is 13.0 Å². The Morgan fingerprint density at radius 1 is 1.00 bits per heavy atom. The molecule has 23 heavy (non-hydrogen) atoms. The third kappa shape index (κ3) is 4.47. The molecular formula is C17H18ClN3O2. The average Bonchev–Trinajstić information content (AvgIpc) is 2.59. The van der Waals surface area contributed by atoms with Gasteiger partial charge in [0.25, 0.3) is 5.91 Å². The van der Waals surface area contributed by atoms with E-state index in [0.29, 0.717) is 10.6 Å². The summed E-state index contributed by atoms with van der Waals surface area (Å²) in [5.41, 5.74) is 6.22. The minimum Gasteiger partial charge on any atom is -0.320 e. The Bertz CT molecular complexity index is 674. The Hall–Kier alpha value is -2.53. The van der Waals surface area contributed by atoms with Gasteiger partial charge in [0.15, 0.2) is 0 Å². The Morgan fingerprint density at radius 3 is 2.22 bits per heavy atom. The van der Waals surface area contributed by atoms with Crippen molar-refractivity contribution in [2.75, 3.05) is 7.05 Å². The van der Waals surface area contributed by atoms with E-state index in [4.69, 9.17) is 11.6 Å². The summed E-state index contributed by atoms with van der Waals surface area (Å²) in [6.45, 7) is 1.89. The number of halogens is 1. The lowest BCUT2D eigenvalue weighted by Crippen LogP contribution is -2.48. The van der Waals surface area contributed by atoms with Gasteiger partial charge >= 0.3 is 6.03 Å². The molecule has 0 radical (unpaired) electrons. The number of hydrogen-bond donors (Lipinski definition) is 2. The van der Waals surface area contributed by atoms with Crippen molar-refractivity contribution >= 4 is 23.5 Å². The summed E-state index contributed by atoms with van der Waals surface area (Å²) in [7, 11) is 1.66. The maximum absolute atomic E-state index is 12.1. The van der Waals surface area contributed by atoms with Crippen LogP contribution in [0, 0.1) is 0 Å². The van der Waals surface area contributed by atoms with Crippen LogP contribution in [0.25, 0.3) is 0 Å². The molecule has 0 saturated heterocycles. The summed E-state index contributed by atoms with van der Waals surface area (Å²) in [6, 6.07) is 15.4. The number of nitrogens with zero attached hydrogens (tertiary/aromatic N) is 1. The van der Waals surface area contributed by atoms with Crippen molar-refractivity contribution in [2.24, 2.45) is 0 Å². The van der Waals surface area contributed by atoms with Crippen LogP contribution in [-0.2, 0) is 0 Å². The van der Waals surface area contributed by atoms with Crippen LogP contribution in [0.3, 0.4) is 0 Å². The minimum atomic E-state index is -0.406. The lowest BCUT2D eigenvalue weighted by Gasteiger charge is -2.25. The molecule has 0 unspecified atom stereocenters. The summed E-state index contributed by atoms with van der Waals surface area (Å²) in [5, 5.41) is 0.642. The molecule has 3 amide bonds. The molecular weight excluding hydrogens is 314 g/mol. The first kappa shape index (κ1) is 16.8. The molecule has 2 aromatic carbocycles. The first-order chi connectivity index (χ1) is 11.0. The molecule has 2 rings (SSSR count). The van der Waals surface area contributed by atoms with Gasteiger partial charge in [0, 0.05) is 17.6 Å². The number of nitrogens with one attached hydrogen (secondary N) is 2. The zero-order valence-corrected chi connectivity index (χ0v) is 13.7. The number of hydrazine groups is 1. The minimum absolute atomic E-state index is 0.166.